The summed E-state index contributed by atoms with van der Waals surface area (Å²) in [4.78, 5) is 12.3. The summed E-state index contributed by atoms with van der Waals surface area (Å²) >= 11 is 0. The summed E-state index contributed by atoms with van der Waals surface area (Å²) in [6.45, 7) is 2.90. The summed E-state index contributed by atoms with van der Waals surface area (Å²) in [7, 11) is 0. The first kappa shape index (κ1) is 21.0. The van der Waals surface area contributed by atoms with Gasteiger partial charge in [-0.1, -0.05) is 44.0 Å². The maximum Gasteiger partial charge on any atom is 0.258 e. The predicted molar refractivity (Wildman–Crippen MR) is 111 cm³/mol. The van der Waals surface area contributed by atoms with Gasteiger partial charge in [0.05, 0.1) is 12.8 Å². The third-order valence-corrected chi connectivity index (χ3v) is 4.78. The molecule has 3 N–H and O–H groups in total. The molecule has 2 unspecified atom stereocenters. The standard InChI is InChI=1S/C22H27FN4O2/c1-2-3-4-13-29-19-11-7-17(8-12-19)20-14-21(26-25-20)22(28)27-24-15-16-5-9-18(23)10-6-16/h5-12,15,20-21,25-26H,2-4,13-14H2,1H3,(H,27,28)/b24-15+. The van der Waals surface area contributed by atoms with Crippen molar-refractivity contribution in [2.75, 3.05) is 6.61 Å². The Hall–Kier alpha value is -2.77. The molecule has 0 spiro atoms. The zero-order valence-electron chi connectivity index (χ0n) is 16.5. The van der Waals surface area contributed by atoms with Crippen molar-refractivity contribution in [2.24, 2.45) is 5.10 Å². The number of carbonyl (C=O) groups is 1. The normalized spacial score (nSPS) is 18.8. The van der Waals surface area contributed by atoms with Gasteiger partial charge < -0.3 is 4.74 Å². The first-order valence-electron chi connectivity index (χ1n) is 9.98. The second-order valence-electron chi connectivity index (χ2n) is 7.04. The fourth-order valence-electron chi connectivity index (χ4n) is 3.08. The molecule has 1 saturated heterocycles. The molecule has 1 aliphatic rings. The van der Waals surface area contributed by atoms with E-state index in [-0.39, 0.29) is 17.8 Å². The molecule has 1 heterocycles. The van der Waals surface area contributed by atoms with Crippen LogP contribution < -0.4 is 21.0 Å². The van der Waals surface area contributed by atoms with Gasteiger partial charge >= 0.3 is 0 Å². The first-order chi connectivity index (χ1) is 14.2. The van der Waals surface area contributed by atoms with E-state index in [4.69, 9.17) is 4.74 Å². The van der Waals surface area contributed by atoms with Gasteiger partial charge in [0.2, 0.25) is 0 Å². The number of unbranched alkanes of at least 4 members (excludes halogenated alkanes) is 2. The average Bonchev–Trinajstić information content (AvgIpc) is 3.23. The first-order valence-corrected chi connectivity index (χ1v) is 9.98. The van der Waals surface area contributed by atoms with Crippen molar-refractivity contribution in [3.63, 3.8) is 0 Å². The van der Waals surface area contributed by atoms with E-state index in [1.807, 2.05) is 24.3 Å². The number of benzene rings is 2. The third kappa shape index (κ3) is 6.37. The van der Waals surface area contributed by atoms with Crippen LogP contribution in [-0.4, -0.2) is 24.8 Å². The van der Waals surface area contributed by atoms with Crippen LogP contribution in [0.15, 0.2) is 53.6 Å². The molecule has 29 heavy (non-hydrogen) atoms. The smallest absolute Gasteiger partial charge is 0.258 e. The van der Waals surface area contributed by atoms with E-state index >= 15 is 0 Å². The number of nitrogens with one attached hydrogen (secondary N) is 3. The second kappa shape index (κ2) is 10.7. The zero-order chi connectivity index (χ0) is 20.5. The number of amides is 1. The number of nitrogens with zero attached hydrogens (tertiary/aromatic N) is 1. The molecule has 2 atom stereocenters. The number of hydrazone groups is 1. The molecule has 0 aliphatic carbocycles. The number of halogens is 1. The molecule has 1 amide bonds. The van der Waals surface area contributed by atoms with Gasteiger partial charge in [-0.3, -0.25) is 4.79 Å². The molecular formula is C22H27FN4O2. The van der Waals surface area contributed by atoms with Gasteiger partial charge in [0.1, 0.15) is 17.6 Å². The van der Waals surface area contributed by atoms with Crippen LogP contribution in [0.2, 0.25) is 0 Å². The van der Waals surface area contributed by atoms with E-state index < -0.39 is 6.04 Å². The molecule has 154 valence electrons. The number of hydrogen-bond donors (Lipinski definition) is 3. The van der Waals surface area contributed by atoms with E-state index in [9.17, 15) is 9.18 Å². The molecule has 1 fully saturated rings. The van der Waals surface area contributed by atoms with Crippen molar-refractivity contribution in [3.05, 3.63) is 65.5 Å². The topological polar surface area (TPSA) is 74.8 Å². The van der Waals surface area contributed by atoms with Gasteiger partial charge in [-0.05, 0) is 48.2 Å². The number of rotatable bonds is 9. The minimum atomic E-state index is -0.393. The third-order valence-electron chi connectivity index (χ3n) is 4.78. The van der Waals surface area contributed by atoms with Crippen molar-refractivity contribution >= 4 is 12.1 Å². The van der Waals surface area contributed by atoms with Crippen molar-refractivity contribution in [1.29, 1.82) is 0 Å². The molecule has 3 rings (SSSR count). The van der Waals surface area contributed by atoms with Crippen LogP contribution in [0.1, 0.15) is 49.8 Å². The van der Waals surface area contributed by atoms with Crippen molar-refractivity contribution in [1.82, 2.24) is 16.3 Å². The monoisotopic (exact) mass is 398 g/mol. The van der Waals surface area contributed by atoms with Crippen LogP contribution in [-0.2, 0) is 4.79 Å². The number of hydrogen-bond acceptors (Lipinski definition) is 5. The minimum absolute atomic E-state index is 0.0287. The van der Waals surface area contributed by atoms with Crippen molar-refractivity contribution in [3.8, 4) is 5.75 Å². The number of hydrazine groups is 1. The van der Waals surface area contributed by atoms with Crippen molar-refractivity contribution in [2.45, 2.75) is 44.7 Å². The highest BCUT2D eigenvalue weighted by molar-refractivity contribution is 5.85. The SMILES string of the molecule is CCCCCOc1ccc(C2CC(C(=O)N/N=C/c3ccc(F)cc3)NN2)cc1. The highest BCUT2D eigenvalue weighted by Gasteiger charge is 2.30. The van der Waals surface area contributed by atoms with E-state index in [1.165, 1.54) is 31.2 Å². The van der Waals surface area contributed by atoms with Crippen LogP contribution in [0.4, 0.5) is 4.39 Å². The van der Waals surface area contributed by atoms with E-state index in [0.717, 1.165) is 24.3 Å². The lowest BCUT2D eigenvalue weighted by atomic mass is 10.0. The molecule has 0 radical (unpaired) electrons. The molecule has 7 heteroatoms. The lowest BCUT2D eigenvalue weighted by Crippen LogP contribution is -2.41. The van der Waals surface area contributed by atoms with Gasteiger partial charge in [0, 0.05) is 6.04 Å². The van der Waals surface area contributed by atoms with Gasteiger partial charge in [-0.25, -0.2) is 20.7 Å². The summed E-state index contributed by atoms with van der Waals surface area (Å²) in [6.07, 6.45) is 5.50. The maximum absolute atomic E-state index is 12.9. The van der Waals surface area contributed by atoms with Crippen molar-refractivity contribution < 1.29 is 13.9 Å². The Morgan fingerprint density at radius 3 is 2.66 bits per heavy atom. The highest BCUT2D eigenvalue weighted by Crippen LogP contribution is 2.24. The summed E-state index contributed by atoms with van der Waals surface area (Å²) < 4.78 is 18.6. The molecule has 1 aliphatic heterocycles. The Morgan fingerprint density at radius 2 is 1.93 bits per heavy atom. The molecular weight excluding hydrogens is 371 g/mol. The molecule has 6 nitrogen and oxygen atoms in total. The average molecular weight is 398 g/mol. The van der Waals surface area contributed by atoms with Crippen LogP contribution in [0.5, 0.6) is 5.75 Å². The molecule has 0 aromatic heterocycles. The van der Waals surface area contributed by atoms with E-state index in [0.29, 0.717) is 12.0 Å². The van der Waals surface area contributed by atoms with E-state index in [1.54, 1.807) is 12.1 Å². The van der Waals surface area contributed by atoms with Gasteiger partial charge in [0.25, 0.3) is 5.91 Å². The predicted octanol–water partition coefficient (Wildman–Crippen LogP) is 3.45. The Balaban J connectivity index is 1.45. The quantitative estimate of drug-likeness (QED) is 0.344. The fourth-order valence-corrected chi connectivity index (χ4v) is 3.08. The number of carbonyl (C=O) groups excluding carboxylic acids is 1. The van der Waals surface area contributed by atoms with E-state index in [2.05, 4.69) is 28.3 Å². The summed E-state index contributed by atoms with van der Waals surface area (Å²) in [5, 5.41) is 3.94. The van der Waals surface area contributed by atoms with Crippen LogP contribution in [0, 0.1) is 5.82 Å². The minimum Gasteiger partial charge on any atom is -0.494 e. The summed E-state index contributed by atoms with van der Waals surface area (Å²) in [5.41, 5.74) is 10.5. The Kier molecular flexibility index (Phi) is 7.72. The molecule has 0 saturated carbocycles. The second-order valence-corrected chi connectivity index (χ2v) is 7.04. The Labute approximate surface area is 170 Å². The van der Waals surface area contributed by atoms with Crippen LogP contribution >= 0.6 is 0 Å². The Bertz CT molecular complexity index is 809. The molecule has 2 aromatic rings. The molecule has 0 bridgehead atoms. The zero-order valence-corrected chi connectivity index (χ0v) is 16.5. The maximum atomic E-state index is 12.9. The summed E-state index contributed by atoms with van der Waals surface area (Å²) in [5.74, 6) is 0.323. The highest BCUT2D eigenvalue weighted by atomic mass is 19.1. The summed E-state index contributed by atoms with van der Waals surface area (Å²) in [6, 6.07) is 13.5. The van der Waals surface area contributed by atoms with Gasteiger partial charge in [-0.15, -0.1) is 0 Å². The van der Waals surface area contributed by atoms with Crippen LogP contribution in [0.3, 0.4) is 0 Å². The van der Waals surface area contributed by atoms with Gasteiger partial charge in [-0.2, -0.15) is 5.10 Å². The fraction of sp³-hybridized carbons (Fsp3) is 0.364. The Morgan fingerprint density at radius 1 is 1.17 bits per heavy atom. The lowest BCUT2D eigenvalue weighted by Gasteiger charge is -2.11. The number of ether oxygens (including phenoxy) is 1. The molecule has 2 aromatic carbocycles. The van der Waals surface area contributed by atoms with Gasteiger partial charge in [0.15, 0.2) is 0 Å². The van der Waals surface area contributed by atoms with Crippen LogP contribution in [0.25, 0.3) is 0 Å². The largest absolute Gasteiger partial charge is 0.494 e. The lowest BCUT2D eigenvalue weighted by molar-refractivity contribution is -0.122.